The third-order valence-electron chi connectivity index (χ3n) is 2.68. The largest absolute Gasteiger partial charge is 2.00 e. The maximum Gasteiger partial charge on any atom is 2.00 e. The second-order valence-corrected chi connectivity index (χ2v) is 16.8. The summed E-state index contributed by atoms with van der Waals surface area (Å²) in [5.41, 5.74) is 0. The average molecular weight is 549 g/mol. The normalized spacial score (nSPS) is 8.47. The zero-order valence-corrected chi connectivity index (χ0v) is 19.5. The topological polar surface area (TPSA) is 0 Å². The average Bonchev–Trinajstić information content (AvgIpc) is 2.24. The molecule has 0 rings (SSSR count). The van der Waals surface area contributed by atoms with Crippen LogP contribution in [0.15, 0.2) is 0 Å². The van der Waals surface area contributed by atoms with E-state index in [0.717, 1.165) is 0 Å². The summed E-state index contributed by atoms with van der Waals surface area (Å²) in [4.78, 5) is 0. The fourth-order valence-electron chi connectivity index (χ4n) is 1.34. The van der Waals surface area contributed by atoms with Gasteiger partial charge in [0.1, 0.15) is 0 Å². The van der Waals surface area contributed by atoms with Gasteiger partial charge in [0.25, 0.3) is 0 Å². The molecule has 112 valence electrons. The van der Waals surface area contributed by atoms with Crippen molar-refractivity contribution in [1.29, 1.82) is 0 Å². The van der Waals surface area contributed by atoms with Gasteiger partial charge in [-0.3, -0.25) is 0 Å². The van der Waals surface area contributed by atoms with Crippen LogP contribution in [0.4, 0.5) is 0 Å². The van der Waals surface area contributed by atoms with E-state index in [4.69, 9.17) is 0 Å². The van der Waals surface area contributed by atoms with E-state index in [2.05, 4.69) is 41.5 Å². The van der Waals surface area contributed by atoms with E-state index in [9.17, 15) is 0 Å². The molecule has 0 nitrogen and oxygen atoms in total. The summed E-state index contributed by atoms with van der Waals surface area (Å²) in [6, 6.07) is 0. The first kappa shape index (κ1) is 31.3. The van der Waals surface area contributed by atoms with Gasteiger partial charge in [0, 0.05) is 0 Å². The Kier molecular flexibility index (Phi) is 48.5. The van der Waals surface area contributed by atoms with Crippen molar-refractivity contribution in [3.8, 4) is 0 Å². The summed E-state index contributed by atoms with van der Waals surface area (Å²) in [6.45, 7) is 14.0. The maximum absolute atomic E-state index is 2.33. The van der Waals surface area contributed by atoms with Crippen LogP contribution in [0.1, 0.15) is 41.5 Å². The molecule has 0 aliphatic carbocycles. The first-order chi connectivity index (χ1) is 6.69. The van der Waals surface area contributed by atoms with Crippen LogP contribution in [0.25, 0.3) is 0 Å². The van der Waals surface area contributed by atoms with Crippen molar-refractivity contribution < 1.29 is 21.1 Å². The second kappa shape index (κ2) is 26.4. The Hall–Kier alpha value is 1.81. The predicted molar refractivity (Wildman–Crippen MR) is 87.2 cm³/mol. The Morgan fingerprint density at radius 1 is 0.471 bits per heavy atom. The van der Waals surface area contributed by atoms with Gasteiger partial charge in [-0.1, -0.05) is 0 Å². The molecular weight excluding hydrogens is 513 g/mol. The van der Waals surface area contributed by atoms with Gasteiger partial charge in [-0.2, -0.15) is 0 Å². The Balaban J connectivity index is -0.0000000480. The number of hydrogen-bond donors (Lipinski definition) is 0. The SMILES string of the molecule is CC[As](CC)CC.CC[As](CC)CC.[CH3-].[CH3-].[Pt+2]. The number of hydrogen-bond acceptors (Lipinski definition) is 0. The van der Waals surface area contributed by atoms with Crippen molar-refractivity contribution in [3.63, 3.8) is 0 Å². The second-order valence-electron chi connectivity index (χ2n) is 3.24. The van der Waals surface area contributed by atoms with Crippen molar-refractivity contribution in [3.05, 3.63) is 14.9 Å². The van der Waals surface area contributed by atoms with E-state index < -0.39 is 0 Å². The van der Waals surface area contributed by atoms with Gasteiger partial charge in [-0.05, 0) is 0 Å². The Morgan fingerprint density at radius 2 is 0.588 bits per heavy atom. The molecule has 0 aromatic rings. The smallest absolute Gasteiger partial charge is 0.358 e. The minimum Gasteiger partial charge on any atom is -0.358 e. The maximum atomic E-state index is 2.33. The molecule has 0 spiro atoms. The molecule has 0 saturated heterocycles. The Morgan fingerprint density at radius 3 is 0.588 bits per heavy atom. The van der Waals surface area contributed by atoms with Gasteiger partial charge < -0.3 is 14.9 Å². The van der Waals surface area contributed by atoms with Crippen LogP contribution in [0.2, 0.25) is 31.3 Å². The van der Waals surface area contributed by atoms with Crippen LogP contribution in [0.5, 0.6) is 0 Å². The van der Waals surface area contributed by atoms with Crippen molar-refractivity contribution in [1.82, 2.24) is 0 Å². The van der Waals surface area contributed by atoms with Crippen LogP contribution < -0.4 is 0 Å². The molecule has 0 bridgehead atoms. The minimum absolute atomic E-state index is 0. The van der Waals surface area contributed by atoms with Crippen molar-refractivity contribution >= 4 is 29.3 Å². The monoisotopic (exact) mass is 549 g/mol. The summed E-state index contributed by atoms with van der Waals surface area (Å²) >= 11 is -0.458. The van der Waals surface area contributed by atoms with Crippen LogP contribution in [-0.4, -0.2) is 29.3 Å². The van der Waals surface area contributed by atoms with Gasteiger partial charge in [-0.15, -0.1) is 0 Å². The van der Waals surface area contributed by atoms with Gasteiger partial charge in [0.2, 0.25) is 0 Å². The summed E-state index contributed by atoms with van der Waals surface area (Å²) < 4.78 is 0. The fraction of sp³-hybridized carbons (Fsp3) is 0.857. The molecule has 0 aromatic carbocycles. The van der Waals surface area contributed by atoms with Gasteiger partial charge >= 0.3 is 123 Å². The quantitative estimate of drug-likeness (QED) is 0.283. The van der Waals surface area contributed by atoms with E-state index in [1.807, 2.05) is 0 Å². The van der Waals surface area contributed by atoms with Gasteiger partial charge in [0.05, 0.1) is 0 Å². The summed E-state index contributed by atoms with van der Waals surface area (Å²) in [5, 5.41) is 9.00. The molecule has 0 aliphatic rings. The molecule has 0 radical (unpaired) electrons. The molecule has 0 heterocycles. The molecule has 0 aromatic heterocycles. The van der Waals surface area contributed by atoms with Crippen molar-refractivity contribution in [2.45, 2.75) is 72.8 Å². The molecule has 0 N–H and O–H groups in total. The van der Waals surface area contributed by atoms with E-state index in [1.165, 1.54) is 31.3 Å². The number of rotatable bonds is 6. The Bertz CT molecular complexity index is 69.2. The van der Waals surface area contributed by atoms with Crippen LogP contribution in [0.3, 0.4) is 0 Å². The minimum atomic E-state index is -0.229. The van der Waals surface area contributed by atoms with Crippen LogP contribution in [-0.2, 0) is 21.1 Å². The molecule has 17 heavy (non-hydrogen) atoms. The third kappa shape index (κ3) is 23.3. The van der Waals surface area contributed by atoms with E-state index in [1.54, 1.807) is 0 Å². The zero-order valence-electron chi connectivity index (χ0n) is 13.5. The molecule has 3 heteroatoms. The van der Waals surface area contributed by atoms with Gasteiger partial charge in [0.15, 0.2) is 0 Å². The van der Waals surface area contributed by atoms with E-state index in [-0.39, 0.29) is 65.2 Å². The molecule has 0 aliphatic heterocycles. The molecule has 0 atom stereocenters. The van der Waals surface area contributed by atoms with E-state index >= 15 is 0 Å². The van der Waals surface area contributed by atoms with E-state index in [0.29, 0.717) is 0 Å². The molecule has 0 saturated carbocycles. The van der Waals surface area contributed by atoms with Crippen LogP contribution >= 0.6 is 0 Å². The molecule has 0 fully saturated rings. The van der Waals surface area contributed by atoms with Crippen molar-refractivity contribution in [2.75, 3.05) is 0 Å². The molecule has 0 amide bonds. The standard InChI is InChI=1S/2C6H15As.2CH3.Pt/c2*1-4-7(5-2)6-3;;;/h2*4-6H2,1-3H3;2*1H3;/q;;2*-1;+2. The summed E-state index contributed by atoms with van der Waals surface area (Å²) in [6.07, 6.45) is 0. The zero-order chi connectivity index (χ0) is 11.4. The first-order valence-electron chi connectivity index (χ1n) is 6.14. The molecule has 0 unspecified atom stereocenters. The Labute approximate surface area is 137 Å². The van der Waals surface area contributed by atoms with Crippen LogP contribution in [0, 0.1) is 14.9 Å². The predicted octanol–water partition coefficient (Wildman–Crippen LogP) is 5.98. The summed E-state index contributed by atoms with van der Waals surface area (Å²) in [5.74, 6) is 0. The van der Waals surface area contributed by atoms with Gasteiger partial charge in [-0.25, -0.2) is 0 Å². The summed E-state index contributed by atoms with van der Waals surface area (Å²) in [7, 11) is 0. The first-order valence-corrected chi connectivity index (χ1v) is 14.1. The third-order valence-corrected chi connectivity index (χ3v) is 13.9. The fourth-order valence-corrected chi connectivity index (χ4v) is 6.97. The van der Waals surface area contributed by atoms with Crippen molar-refractivity contribution in [2.24, 2.45) is 0 Å². The molecular formula is C14H36As2Pt.